The predicted molar refractivity (Wildman–Crippen MR) is 29.0 cm³/mol. The molecule has 0 heterocycles. The lowest BCUT2D eigenvalue weighted by Gasteiger charge is -1.94. The molecule has 0 bridgehead atoms. The molecular weight excluding hydrogens is 128 g/mol. The molecule has 0 fully saturated rings. The molecule has 0 spiro atoms. The maximum atomic E-state index is 11.4. The fraction of sp³-hybridized carbons (Fsp3) is 0.400. The van der Waals surface area contributed by atoms with E-state index in [2.05, 4.69) is 0 Å². The average molecular weight is 135 g/mol. The second-order valence-corrected chi connectivity index (χ2v) is 1.56. The quantitative estimate of drug-likeness (QED) is 0.566. The lowest BCUT2D eigenvalue weighted by molar-refractivity contribution is -0.112. The van der Waals surface area contributed by atoms with Gasteiger partial charge in [0, 0.05) is 6.08 Å². The Morgan fingerprint density at radius 2 is 2.11 bits per heavy atom. The van der Waals surface area contributed by atoms with Crippen molar-refractivity contribution in [2.24, 2.45) is 5.73 Å². The highest BCUT2D eigenvalue weighted by Gasteiger charge is 2.05. The maximum Gasteiger partial charge on any atom is 0.277 e. The van der Waals surface area contributed by atoms with E-state index in [9.17, 15) is 13.6 Å². The summed E-state index contributed by atoms with van der Waals surface area (Å²) in [6.07, 6.45) is -2.01. The smallest absolute Gasteiger partial charge is 0.277 e. The van der Waals surface area contributed by atoms with Gasteiger partial charge in [0.15, 0.2) is 5.78 Å². The van der Waals surface area contributed by atoms with Gasteiger partial charge >= 0.3 is 0 Å². The van der Waals surface area contributed by atoms with Gasteiger partial charge in [0.2, 0.25) is 0 Å². The Labute approximate surface area is 51.3 Å². The van der Waals surface area contributed by atoms with Gasteiger partial charge in [0.05, 0.1) is 5.70 Å². The van der Waals surface area contributed by atoms with E-state index in [4.69, 9.17) is 5.73 Å². The minimum Gasteiger partial charge on any atom is -0.397 e. The van der Waals surface area contributed by atoms with Crippen molar-refractivity contribution >= 4 is 5.78 Å². The summed E-state index contributed by atoms with van der Waals surface area (Å²) in [6.45, 7) is 1.16. The van der Waals surface area contributed by atoms with Crippen molar-refractivity contribution in [3.8, 4) is 0 Å². The zero-order valence-electron chi connectivity index (χ0n) is 4.90. The van der Waals surface area contributed by atoms with Crippen molar-refractivity contribution in [3.05, 3.63) is 11.8 Å². The Morgan fingerprint density at radius 1 is 1.67 bits per heavy atom. The SMILES string of the molecule is CC(=O)/C=C(\N)C(F)F. The van der Waals surface area contributed by atoms with Crippen LogP contribution in [0.1, 0.15) is 6.92 Å². The molecule has 2 N–H and O–H groups in total. The molecule has 2 nitrogen and oxygen atoms in total. The number of halogens is 2. The Balaban J connectivity index is 4.00. The first-order valence-corrected chi connectivity index (χ1v) is 2.30. The first-order valence-electron chi connectivity index (χ1n) is 2.30. The van der Waals surface area contributed by atoms with Gasteiger partial charge in [-0.2, -0.15) is 0 Å². The van der Waals surface area contributed by atoms with Crippen LogP contribution in [0.5, 0.6) is 0 Å². The summed E-state index contributed by atoms with van der Waals surface area (Å²) in [5.74, 6) is -0.465. The molecule has 0 unspecified atom stereocenters. The maximum absolute atomic E-state index is 11.4. The molecule has 0 atom stereocenters. The molecule has 0 aromatic carbocycles. The summed E-state index contributed by atoms with van der Waals surface area (Å²) in [5, 5.41) is 0. The highest BCUT2D eigenvalue weighted by atomic mass is 19.3. The van der Waals surface area contributed by atoms with Gasteiger partial charge in [0.25, 0.3) is 6.43 Å². The minimum absolute atomic E-state index is 0.465. The van der Waals surface area contributed by atoms with E-state index in [1.54, 1.807) is 0 Å². The number of hydrogen-bond donors (Lipinski definition) is 1. The fourth-order valence-electron chi connectivity index (χ4n) is 0.298. The molecule has 0 radical (unpaired) electrons. The van der Waals surface area contributed by atoms with Crippen LogP contribution in [-0.4, -0.2) is 12.2 Å². The predicted octanol–water partition coefficient (Wildman–Crippen LogP) is 0.683. The molecule has 0 aliphatic rings. The normalized spacial score (nSPS) is 12.2. The van der Waals surface area contributed by atoms with E-state index in [1.807, 2.05) is 0 Å². The molecule has 0 amide bonds. The molecule has 0 aliphatic carbocycles. The number of ketones is 1. The van der Waals surface area contributed by atoms with Crippen LogP contribution < -0.4 is 5.73 Å². The van der Waals surface area contributed by atoms with Crippen molar-refractivity contribution < 1.29 is 13.6 Å². The van der Waals surface area contributed by atoms with Crippen LogP contribution in [0.15, 0.2) is 11.8 Å². The highest BCUT2D eigenvalue weighted by molar-refractivity contribution is 5.87. The van der Waals surface area contributed by atoms with Crippen LogP contribution in [0.25, 0.3) is 0 Å². The minimum atomic E-state index is -2.73. The Bertz CT molecular complexity index is 142. The van der Waals surface area contributed by atoms with E-state index < -0.39 is 17.9 Å². The fourth-order valence-corrected chi connectivity index (χ4v) is 0.298. The summed E-state index contributed by atoms with van der Waals surface area (Å²) in [6, 6.07) is 0. The molecular formula is C5H7F2NO. The molecule has 4 heteroatoms. The lowest BCUT2D eigenvalue weighted by Crippen LogP contribution is -2.08. The number of rotatable bonds is 2. The zero-order valence-corrected chi connectivity index (χ0v) is 4.90. The molecule has 0 saturated carbocycles. The van der Waals surface area contributed by atoms with E-state index in [0.29, 0.717) is 6.08 Å². The van der Waals surface area contributed by atoms with Crippen LogP contribution >= 0.6 is 0 Å². The van der Waals surface area contributed by atoms with Crippen LogP contribution in [-0.2, 0) is 4.79 Å². The molecule has 0 aliphatic heterocycles. The third kappa shape index (κ3) is 3.64. The molecule has 0 aromatic heterocycles. The highest BCUT2D eigenvalue weighted by Crippen LogP contribution is 2.00. The second-order valence-electron chi connectivity index (χ2n) is 1.56. The molecule has 0 saturated heterocycles. The number of carbonyl (C=O) groups is 1. The van der Waals surface area contributed by atoms with Gasteiger partial charge < -0.3 is 5.73 Å². The van der Waals surface area contributed by atoms with E-state index >= 15 is 0 Å². The van der Waals surface area contributed by atoms with Crippen LogP contribution in [0.3, 0.4) is 0 Å². The van der Waals surface area contributed by atoms with Crippen molar-refractivity contribution in [2.45, 2.75) is 13.3 Å². The van der Waals surface area contributed by atoms with Crippen molar-refractivity contribution in [3.63, 3.8) is 0 Å². The van der Waals surface area contributed by atoms with Gasteiger partial charge in [-0.05, 0) is 6.92 Å². The topological polar surface area (TPSA) is 43.1 Å². The summed E-state index contributed by atoms with van der Waals surface area (Å²) in [4.78, 5) is 10.1. The third-order valence-corrected chi connectivity index (χ3v) is 0.622. The van der Waals surface area contributed by atoms with Gasteiger partial charge in [-0.1, -0.05) is 0 Å². The van der Waals surface area contributed by atoms with Gasteiger partial charge in [-0.15, -0.1) is 0 Å². The summed E-state index contributed by atoms with van der Waals surface area (Å²) in [7, 11) is 0. The monoisotopic (exact) mass is 135 g/mol. The summed E-state index contributed by atoms with van der Waals surface area (Å²) in [5.41, 5.74) is 4.03. The molecule has 0 rings (SSSR count). The zero-order chi connectivity index (χ0) is 7.44. The molecule has 0 aromatic rings. The van der Waals surface area contributed by atoms with E-state index in [1.165, 1.54) is 0 Å². The standard InChI is InChI=1S/C5H7F2NO/c1-3(9)2-4(8)5(6)7/h2,5H,8H2,1H3/b4-2-. The van der Waals surface area contributed by atoms with Crippen molar-refractivity contribution in [2.75, 3.05) is 0 Å². The Morgan fingerprint density at radius 3 is 2.22 bits per heavy atom. The van der Waals surface area contributed by atoms with Gasteiger partial charge in [-0.3, -0.25) is 4.79 Å². The summed E-state index contributed by atoms with van der Waals surface area (Å²) >= 11 is 0. The molecule has 9 heavy (non-hydrogen) atoms. The Hall–Kier alpha value is -0.930. The first kappa shape index (κ1) is 8.07. The van der Waals surface area contributed by atoms with E-state index in [0.717, 1.165) is 6.92 Å². The first-order chi connectivity index (χ1) is 4.04. The van der Waals surface area contributed by atoms with Crippen LogP contribution in [0.2, 0.25) is 0 Å². The number of alkyl halides is 2. The lowest BCUT2D eigenvalue weighted by atomic mass is 10.3. The second kappa shape index (κ2) is 3.17. The van der Waals surface area contributed by atoms with Gasteiger partial charge in [-0.25, -0.2) is 8.78 Å². The average Bonchev–Trinajstić information content (AvgIpc) is 1.63. The third-order valence-electron chi connectivity index (χ3n) is 0.622. The van der Waals surface area contributed by atoms with Crippen molar-refractivity contribution in [1.29, 1.82) is 0 Å². The van der Waals surface area contributed by atoms with Crippen molar-refractivity contribution in [1.82, 2.24) is 0 Å². The Kier molecular flexibility index (Phi) is 2.84. The van der Waals surface area contributed by atoms with Crippen LogP contribution in [0, 0.1) is 0 Å². The summed E-state index contributed by atoms with van der Waals surface area (Å²) < 4.78 is 22.9. The largest absolute Gasteiger partial charge is 0.397 e. The van der Waals surface area contributed by atoms with Gasteiger partial charge in [0.1, 0.15) is 0 Å². The van der Waals surface area contributed by atoms with E-state index in [-0.39, 0.29) is 0 Å². The molecule has 52 valence electrons. The van der Waals surface area contributed by atoms with Crippen LogP contribution in [0.4, 0.5) is 8.78 Å². The number of allylic oxidation sites excluding steroid dienone is 2. The number of hydrogen-bond acceptors (Lipinski definition) is 2. The number of nitrogens with two attached hydrogens (primary N) is 1. The number of carbonyl (C=O) groups excluding carboxylic acids is 1.